The van der Waals surface area contributed by atoms with Crippen LogP contribution in [0.2, 0.25) is 0 Å². The standard InChI is InChI=1S/C17H17NO.C2H6/c1-3-8-14-10-7-9-13(2)16(14)17(19)18-15-11-5-4-6-12-15;1-2/h3-7,9-12H,1,8H2,2H3,(H,18,19);1-2H3. The van der Waals surface area contributed by atoms with Crippen LogP contribution in [0, 0.1) is 6.92 Å². The van der Waals surface area contributed by atoms with Crippen LogP contribution < -0.4 is 5.32 Å². The van der Waals surface area contributed by atoms with Gasteiger partial charge in [0.15, 0.2) is 0 Å². The average Bonchev–Trinajstić information content (AvgIpc) is 2.50. The molecule has 2 rings (SSSR count). The molecule has 1 amide bonds. The number of carbonyl (C=O) groups is 1. The largest absolute Gasteiger partial charge is 0.322 e. The Kier molecular flexibility index (Phi) is 6.96. The average molecular weight is 281 g/mol. The summed E-state index contributed by atoms with van der Waals surface area (Å²) in [5.74, 6) is -0.0684. The summed E-state index contributed by atoms with van der Waals surface area (Å²) >= 11 is 0. The second-order valence-corrected chi connectivity index (χ2v) is 4.42. The van der Waals surface area contributed by atoms with E-state index in [1.54, 1.807) is 0 Å². The van der Waals surface area contributed by atoms with Crippen molar-refractivity contribution < 1.29 is 4.79 Å². The molecule has 0 atom stereocenters. The molecule has 0 aliphatic rings. The maximum atomic E-state index is 12.4. The maximum absolute atomic E-state index is 12.4. The molecule has 0 fully saturated rings. The van der Waals surface area contributed by atoms with Gasteiger partial charge in [-0.2, -0.15) is 0 Å². The first kappa shape index (κ1) is 16.7. The lowest BCUT2D eigenvalue weighted by Crippen LogP contribution is -2.15. The Balaban J connectivity index is 0.00000106. The van der Waals surface area contributed by atoms with E-state index in [0.717, 1.165) is 22.4 Å². The molecule has 2 aromatic rings. The highest BCUT2D eigenvalue weighted by Gasteiger charge is 2.13. The van der Waals surface area contributed by atoms with Gasteiger partial charge in [-0.3, -0.25) is 4.79 Å². The SMILES string of the molecule is C=CCc1cccc(C)c1C(=O)Nc1ccccc1.CC. The molecule has 0 spiro atoms. The van der Waals surface area contributed by atoms with Crippen LogP contribution >= 0.6 is 0 Å². The Morgan fingerprint density at radius 2 is 1.76 bits per heavy atom. The summed E-state index contributed by atoms with van der Waals surface area (Å²) < 4.78 is 0. The number of allylic oxidation sites excluding steroid dienone is 1. The number of amides is 1. The van der Waals surface area contributed by atoms with Gasteiger partial charge in [0.1, 0.15) is 0 Å². The first-order valence-electron chi connectivity index (χ1n) is 7.28. The lowest BCUT2D eigenvalue weighted by Gasteiger charge is -2.11. The van der Waals surface area contributed by atoms with Crippen molar-refractivity contribution in [3.8, 4) is 0 Å². The summed E-state index contributed by atoms with van der Waals surface area (Å²) in [7, 11) is 0. The zero-order valence-corrected chi connectivity index (χ0v) is 13.0. The molecule has 1 N–H and O–H groups in total. The first-order valence-corrected chi connectivity index (χ1v) is 7.28. The minimum Gasteiger partial charge on any atom is -0.322 e. The number of benzene rings is 2. The van der Waals surface area contributed by atoms with Crippen LogP contribution in [0.3, 0.4) is 0 Å². The van der Waals surface area contributed by atoms with Crippen molar-refractivity contribution in [3.05, 3.63) is 77.9 Å². The second kappa shape index (κ2) is 8.75. The van der Waals surface area contributed by atoms with Gasteiger partial charge >= 0.3 is 0 Å². The van der Waals surface area contributed by atoms with Crippen LogP contribution in [-0.2, 0) is 6.42 Å². The van der Waals surface area contributed by atoms with E-state index in [0.29, 0.717) is 6.42 Å². The Bertz CT molecular complexity index is 588. The summed E-state index contributed by atoms with van der Waals surface area (Å²) in [5.41, 5.74) is 3.53. The van der Waals surface area contributed by atoms with Crippen molar-refractivity contribution in [2.45, 2.75) is 27.2 Å². The number of rotatable bonds is 4. The van der Waals surface area contributed by atoms with E-state index in [1.807, 2.05) is 75.4 Å². The highest BCUT2D eigenvalue weighted by molar-refractivity contribution is 6.06. The van der Waals surface area contributed by atoms with Crippen LogP contribution in [0.5, 0.6) is 0 Å². The molecule has 110 valence electrons. The molecule has 2 nitrogen and oxygen atoms in total. The third-order valence-electron chi connectivity index (χ3n) is 2.98. The number of carbonyl (C=O) groups excluding carboxylic acids is 1. The molecule has 0 saturated heterocycles. The molecule has 0 bridgehead atoms. The van der Waals surface area contributed by atoms with Crippen LogP contribution in [0.4, 0.5) is 5.69 Å². The Morgan fingerprint density at radius 3 is 2.38 bits per heavy atom. The van der Waals surface area contributed by atoms with E-state index in [9.17, 15) is 4.79 Å². The van der Waals surface area contributed by atoms with Gasteiger partial charge in [0, 0.05) is 11.3 Å². The monoisotopic (exact) mass is 281 g/mol. The summed E-state index contributed by atoms with van der Waals surface area (Å²) in [6, 6.07) is 15.4. The quantitative estimate of drug-likeness (QED) is 0.785. The van der Waals surface area contributed by atoms with Crippen LogP contribution in [0.25, 0.3) is 0 Å². The van der Waals surface area contributed by atoms with E-state index in [2.05, 4.69) is 11.9 Å². The topological polar surface area (TPSA) is 29.1 Å². The van der Waals surface area contributed by atoms with Crippen LogP contribution in [0.1, 0.15) is 35.3 Å². The lowest BCUT2D eigenvalue weighted by atomic mass is 9.99. The zero-order valence-electron chi connectivity index (χ0n) is 13.0. The van der Waals surface area contributed by atoms with Gasteiger partial charge in [-0.15, -0.1) is 6.58 Å². The van der Waals surface area contributed by atoms with E-state index in [4.69, 9.17) is 0 Å². The highest BCUT2D eigenvalue weighted by atomic mass is 16.1. The van der Waals surface area contributed by atoms with E-state index < -0.39 is 0 Å². The van der Waals surface area contributed by atoms with Crippen molar-refractivity contribution in [2.75, 3.05) is 5.32 Å². The van der Waals surface area contributed by atoms with E-state index in [-0.39, 0.29) is 5.91 Å². The Morgan fingerprint density at radius 1 is 1.10 bits per heavy atom. The normalized spacial score (nSPS) is 9.29. The molecule has 0 aliphatic carbocycles. The molecule has 0 saturated carbocycles. The maximum Gasteiger partial charge on any atom is 0.256 e. The molecule has 0 heterocycles. The van der Waals surface area contributed by atoms with Gasteiger partial charge in [0.25, 0.3) is 5.91 Å². The summed E-state index contributed by atoms with van der Waals surface area (Å²) in [6.07, 6.45) is 2.51. The molecule has 2 aromatic carbocycles. The molecule has 0 unspecified atom stereocenters. The van der Waals surface area contributed by atoms with Crippen molar-refractivity contribution in [2.24, 2.45) is 0 Å². The molecular formula is C19H23NO. The van der Waals surface area contributed by atoms with Gasteiger partial charge in [-0.05, 0) is 36.6 Å². The molecule has 0 aliphatic heterocycles. The van der Waals surface area contributed by atoms with Crippen molar-refractivity contribution in [1.29, 1.82) is 0 Å². The van der Waals surface area contributed by atoms with Crippen LogP contribution in [-0.4, -0.2) is 5.91 Å². The number of nitrogens with one attached hydrogen (secondary N) is 1. The van der Waals surface area contributed by atoms with Gasteiger partial charge in [-0.25, -0.2) is 0 Å². The Hall–Kier alpha value is -2.35. The third kappa shape index (κ3) is 4.60. The Labute approximate surface area is 127 Å². The predicted octanol–water partition coefficient (Wildman–Crippen LogP) is 5.00. The molecule has 2 heteroatoms. The van der Waals surface area contributed by atoms with Crippen LogP contribution in [0.15, 0.2) is 61.2 Å². The fourth-order valence-corrected chi connectivity index (χ4v) is 2.09. The number of aryl methyl sites for hydroxylation is 1. The first-order chi connectivity index (χ1) is 10.2. The molecule has 0 radical (unpaired) electrons. The van der Waals surface area contributed by atoms with Gasteiger partial charge in [0.05, 0.1) is 0 Å². The summed E-state index contributed by atoms with van der Waals surface area (Å²) in [5, 5.41) is 2.92. The van der Waals surface area contributed by atoms with Gasteiger partial charge in [-0.1, -0.05) is 56.3 Å². The van der Waals surface area contributed by atoms with Gasteiger partial charge < -0.3 is 5.32 Å². The molecular weight excluding hydrogens is 258 g/mol. The number of hydrogen-bond donors (Lipinski definition) is 1. The minimum atomic E-state index is -0.0684. The number of para-hydroxylation sites is 1. The van der Waals surface area contributed by atoms with Crippen molar-refractivity contribution >= 4 is 11.6 Å². The van der Waals surface area contributed by atoms with Gasteiger partial charge in [0.2, 0.25) is 0 Å². The second-order valence-electron chi connectivity index (χ2n) is 4.42. The zero-order chi connectivity index (χ0) is 15.7. The lowest BCUT2D eigenvalue weighted by molar-refractivity contribution is 0.102. The van der Waals surface area contributed by atoms with E-state index >= 15 is 0 Å². The fraction of sp³-hybridized carbons (Fsp3) is 0.211. The highest BCUT2D eigenvalue weighted by Crippen LogP contribution is 2.17. The van der Waals surface area contributed by atoms with E-state index in [1.165, 1.54) is 0 Å². The number of anilines is 1. The number of hydrogen-bond acceptors (Lipinski definition) is 1. The fourth-order valence-electron chi connectivity index (χ4n) is 2.09. The molecule has 0 aromatic heterocycles. The third-order valence-corrected chi connectivity index (χ3v) is 2.98. The predicted molar refractivity (Wildman–Crippen MR) is 90.8 cm³/mol. The summed E-state index contributed by atoms with van der Waals surface area (Å²) in [6.45, 7) is 9.69. The van der Waals surface area contributed by atoms with Crippen molar-refractivity contribution in [3.63, 3.8) is 0 Å². The summed E-state index contributed by atoms with van der Waals surface area (Å²) in [4.78, 5) is 12.4. The smallest absolute Gasteiger partial charge is 0.256 e. The minimum absolute atomic E-state index is 0.0684. The molecule has 21 heavy (non-hydrogen) atoms. The van der Waals surface area contributed by atoms with Crippen molar-refractivity contribution in [1.82, 2.24) is 0 Å².